The minimum absolute atomic E-state index is 0.482. The minimum atomic E-state index is 0.482. The van der Waals surface area contributed by atoms with Gasteiger partial charge in [0.1, 0.15) is 12.0 Å². The summed E-state index contributed by atoms with van der Waals surface area (Å²) in [4.78, 5) is 10.8. The van der Waals surface area contributed by atoms with Crippen LogP contribution in [0.15, 0.2) is 24.5 Å². The van der Waals surface area contributed by atoms with Crippen LogP contribution in [0.2, 0.25) is 5.02 Å². The second-order valence-corrected chi connectivity index (χ2v) is 6.41. The Kier molecular flexibility index (Phi) is 5.03. The van der Waals surface area contributed by atoms with E-state index in [1.165, 1.54) is 6.33 Å². The Bertz CT molecular complexity index is 714. The van der Waals surface area contributed by atoms with Crippen LogP contribution in [-0.4, -0.2) is 53.1 Å². The standard InChI is InChI=1S/C16H22ClN7/c1-11-3-4-12(17)9-13(11)21-15-14(18)16(20-10-19-15)22-24-7-5-23(2)6-8-24/h3-4,9-10H,5-8,18H2,1-2H3,(H2,19,20,21,22). The molecule has 0 spiro atoms. The predicted octanol–water partition coefficient (Wildman–Crippen LogP) is 2.34. The predicted molar refractivity (Wildman–Crippen MR) is 98.6 cm³/mol. The Balaban J connectivity index is 1.77. The zero-order valence-corrected chi connectivity index (χ0v) is 14.6. The molecule has 3 rings (SSSR count). The van der Waals surface area contributed by atoms with Crippen LogP contribution >= 0.6 is 11.6 Å². The van der Waals surface area contributed by atoms with Gasteiger partial charge in [-0.2, -0.15) is 0 Å². The van der Waals surface area contributed by atoms with E-state index < -0.39 is 0 Å². The lowest BCUT2D eigenvalue weighted by atomic mass is 10.2. The van der Waals surface area contributed by atoms with Gasteiger partial charge in [0.2, 0.25) is 0 Å². The summed E-state index contributed by atoms with van der Waals surface area (Å²) in [6, 6.07) is 5.66. The highest BCUT2D eigenvalue weighted by atomic mass is 35.5. The first-order chi connectivity index (χ1) is 11.5. The zero-order valence-electron chi connectivity index (χ0n) is 13.9. The first kappa shape index (κ1) is 16.8. The Morgan fingerprint density at radius 1 is 1.12 bits per heavy atom. The van der Waals surface area contributed by atoms with E-state index in [1.807, 2.05) is 25.1 Å². The molecule has 0 aliphatic carbocycles. The average Bonchev–Trinajstić information content (AvgIpc) is 2.56. The molecule has 0 radical (unpaired) electrons. The molecular weight excluding hydrogens is 326 g/mol. The second-order valence-electron chi connectivity index (χ2n) is 5.97. The highest BCUT2D eigenvalue weighted by Crippen LogP contribution is 2.29. The number of halogens is 1. The molecule has 1 aromatic carbocycles. The van der Waals surface area contributed by atoms with E-state index in [0.717, 1.165) is 37.4 Å². The number of nitrogens with one attached hydrogen (secondary N) is 2. The third-order valence-corrected chi connectivity index (χ3v) is 4.34. The lowest BCUT2D eigenvalue weighted by molar-refractivity contribution is 0.178. The molecule has 8 heteroatoms. The Hall–Kier alpha value is -2.09. The number of hydrogen-bond donors (Lipinski definition) is 3. The SMILES string of the molecule is Cc1ccc(Cl)cc1Nc1ncnc(NN2CCN(C)CC2)c1N. The summed E-state index contributed by atoms with van der Waals surface area (Å²) >= 11 is 6.07. The van der Waals surface area contributed by atoms with E-state index >= 15 is 0 Å². The van der Waals surface area contributed by atoms with Crippen molar-refractivity contribution in [2.45, 2.75) is 6.92 Å². The van der Waals surface area contributed by atoms with Crippen LogP contribution in [0.5, 0.6) is 0 Å². The van der Waals surface area contributed by atoms with Gasteiger partial charge in [-0.15, -0.1) is 0 Å². The molecule has 0 saturated carbocycles. The van der Waals surface area contributed by atoms with E-state index in [-0.39, 0.29) is 0 Å². The number of likely N-dealkylation sites (N-methyl/N-ethyl adjacent to an activating group) is 1. The quantitative estimate of drug-likeness (QED) is 0.783. The van der Waals surface area contributed by atoms with E-state index in [0.29, 0.717) is 22.3 Å². The molecule has 24 heavy (non-hydrogen) atoms. The van der Waals surface area contributed by atoms with Gasteiger partial charge in [-0.05, 0) is 31.7 Å². The van der Waals surface area contributed by atoms with Crippen molar-refractivity contribution in [3.8, 4) is 0 Å². The number of piperazine rings is 1. The summed E-state index contributed by atoms with van der Waals surface area (Å²) < 4.78 is 0. The molecule has 4 N–H and O–H groups in total. The largest absolute Gasteiger partial charge is 0.393 e. The number of hydrazine groups is 1. The fraction of sp³-hybridized carbons (Fsp3) is 0.375. The normalized spacial score (nSPS) is 16.1. The number of nitrogen functional groups attached to an aromatic ring is 1. The molecule has 1 aliphatic heterocycles. The molecule has 1 aromatic heterocycles. The van der Waals surface area contributed by atoms with Gasteiger partial charge in [-0.1, -0.05) is 17.7 Å². The highest BCUT2D eigenvalue weighted by Gasteiger charge is 2.16. The first-order valence-corrected chi connectivity index (χ1v) is 8.24. The zero-order chi connectivity index (χ0) is 17.1. The average molecular weight is 348 g/mol. The van der Waals surface area contributed by atoms with Crippen molar-refractivity contribution in [3.63, 3.8) is 0 Å². The van der Waals surface area contributed by atoms with Crippen LogP contribution in [-0.2, 0) is 0 Å². The molecule has 0 unspecified atom stereocenters. The maximum Gasteiger partial charge on any atom is 0.169 e. The molecule has 2 aromatic rings. The van der Waals surface area contributed by atoms with Crippen LogP contribution < -0.4 is 16.5 Å². The first-order valence-electron chi connectivity index (χ1n) is 7.87. The summed E-state index contributed by atoms with van der Waals surface area (Å²) in [5.41, 5.74) is 11.9. The molecule has 0 atom stereocenters. The number of rotatable bonds is 4. The van der Waals surface area contributed by atoms with E-state index in [1.54, 1.807) is 0 Å². The van der Waals surface area contributed by atoms with Gasteiger partial charge in [-0.25, -0.2) is 15.0 Å². The molecule has 0 amide bonds. The van der Waals surface area contributed by atoms with Crippen LogP contribution in [0.3, 0.4) is 0 Å². The fourth-order valence-electron chi connectivity index (χ4n) is 2.51. The van der Waals surface area contributed by atoms with E-state index in [4.69, 9.17) is 17.3 Å². The number of aryl methyl sites for hydroxylation is 1. The summed E-state index contributed by atoms with van der Waals surface area (Å²) in [5.74, 6) is 1.17. The summed E-state index contributed by atoms with van der Waals surface area (Å²) in [7, 11) is 2.12. The Labute approximate surface area is 146 Å². The van der Waals surface area contributed by atoms with Crippen LogP contribution in [0.4, 0.5) is 23.0 Å². The van der Waals surface area contributed by atoms with Gasteiger partial charge >= 0.3 is 0 Å². The number of nitrogens with zero attached hydrogens (tertiary/aromatic N) is 4. The Morgan fingerprint density at radius 2 is 1.83 bits per heavy atom. The monoisotopic (exact) mass is 347 g/mol. The summed E-state index contributed by atoms with van der Waals surface area (Å²) in [6.45, 7) is 5.83. The maximum absolute atomic E-state index is 6.24. The molecule has 0 bridgehead atoms. The lowest BCUT2D eigenvalue weighted by Crippen LogP contribution is -2.47. The maximum atomic E-state index is 6.24. The van der Waals surface area contributed by atoms with Gasteiger partial charge in [0.25, 0.3) is 0 Å². The van der Waals surface area contributed by atoms with Crippen LogP contribution in [0.25, 0.3) is 0 Å². The summed E-state index contributed by atoms with van der Waals surface area (Å²) in [5, 5.41) is 6.02. The van der Waals surface area contributed by atoms with Gasteiger partial charge < -0.3 is 21.4 Å². The third-order valence-electron chi connectivity index (χ3n) is 4.10. The van der Waals surface area contributed by atoms with Crippen molar-refractivity contribution in [2.75, 3.05) is 49.7 Å². The number of aromatic nitrogens is 2. The second kappa shape index (κ2) is 7.21. The van der Waals surface area contributed by atoms with Gasteiger partial charge in [0.05, 0.1) is 0 Å². The lowest BCUT2D eigenvalue weighted by Gasteiger charge is -2.33. The van der Waals surface area contributed by atoms with E-state index in [2.05, 4.69) is 37.7 Å². The molecule has 7 nitrogen and oxygen atoms in total. The van der Waals surface area contributed by atoms with Crippen molar-refractivity contribution in [1.29, 1.82) is 0 Å². The number of anilines is 4. The minimum Gasteiger partial charge on any atom is -0.393 e. The Morgan fingerprint density at radius 3 is 2.58 bits per heavy atom. The molecule has 1 aliphatic rings. The van der Waals surface area contributed by atoms with Crippen molar-refractivity contribution >= 4 is 34.6 Å². The van der Waals surface area contributed by atoms with Crippen molar-refractivity contribution in [3.05, 3.63) is 35.1 Å². The van der Waals surface area contributed by atoms with Crippen molar-refractivity contribution < 1.29 is 0 Å². The topological polar surface area (TPSA) is 82.3 Å². The number of nitrogens with two attached hydrogens (primary N) is 1. The number of hydrogen-bond acceptors (Lipinski definition) is 7. The van der Waals surface area contributed by atoms with Crippen LogP contribution in [0.1, 0.15) is 5.56 Å². The van der Waals surface area contributed by atoms with Gasteiger partial charge in [0.15, 0.2) is 11.6 Å². The molecule has 1 fully saturated rings. The van der Waals surface area contributed by atoms with E-state index in [9.17, 15) is 0 Å². The third kappa shape index (κ3) is 3.87. The number of benzene rings is 1. The van der Waals surface area contributed by atoms with Crippen molar-refractivity contribution in [2.24, 2.45) is 0 Å². The molecule has 128 valence electrons. The summed E-state index contributed by atoms with van der Waals surface area (Å²) in [6.07, 6.45) is 1.50. The van der Waals surface area contributed by atoms with Crippen LogP contribution in [0, 0.1) is 6.92 Å². The van der Waals surface area contributed by atoms with Crippen molar-refractivity contribution in [1.82, 2.24) is 19.9 Å². The highest BCUT2D eigenvalue weighted by molar-refractivity contribution is 6.30. The van der Waals surface area contributed by atoms with Gasteiger partial charge in [-0.3, -0.25) is 0 Å². The van der Waals surface area contributed by atoms with Gasteiger partial charge in [0, 0.05) is 36.9 Å². The smallest absolute Gasteiger partial charge is 0.169 e. The fourth-order valence-corrected chi connectivity index (χ4v) is 2.68. The molecule has 2 heterocycles. The molecular formula is C16H22ClN7. The molecule has 1 saturated heterocycles.